The molecule has 0 spiro atoms. The van der Waals surface area contributed by atoms with E-state index in [1.165, 1.54) is 21.1 Å². The molecule has 0 aromatic rings. The number of allylic oxidation sites excluding steroid dienone is 6. The van der Waals surface area contributed by atoms with Gasteiger partial charge in [-0.2, -0.15) is 0 Å². The normalized spacial score (nSPS) is 37.7. The van der Waals surface area contributed by atoms with Crippen LogP contribution < -0.4 is 4.72 Å². The molecule has 6 unspecified atom stereocenters. The number of carbonyl (C=O) groups is 5. The van der Waals surface area contributed by atoms with E-state index < -0.39 is 100 Å². The third-order valence-corrected chi connectivity index (χ3v) is 16.1. The van der Waals surface area contributed by atoms with Crippen LogP contribution >= 0.6 is 0 Å². The predicted molar refractivity (Wildman–Crippen MR) is 262 cm³/mol. The van der Waals surface area contributed by atoms with Crippen molar-refractivity contribution in [3.63, 3.8) is 0 Å². The average Bonchev–Trinajstić information content (AvgIpc) is 4.14. The minimum atomic E-state index is -3.99. The lowest BCUT2D eigenvalue weighted by Gasteiger charge is -2.42. The standard InChI is InChI=1S/C52H82N2O15S/c1-31-16-14-12-11-13-15-17-32(2)46(57)48(66-10)47(58)35(5)26-33(3)42(56)30-44(34(4)27-38-19-23-43(45(28-38)65-9)67-39-21-22-39)68-51(61)37(7)54(8)50(60)49(59)52(62)36(6)18-20-40(69-52)29-41(31)53-70(63,64)25-24-55/h11-14,16,26,32-34,36-41,43-45,47-48,53,55,58,62H,15,17-25,27-30H2,1-10H3/b13-11+,14-12+,31-16+,35-26+/t32?,33?,34-,36+,37?,38+,40-,41-,43-,44?,45-,47?,48?,52+/m1/s1. The Bertz CT molecular complexity index is 2030. The summed E-state index contributed by atoms with van der Waals surface area (Å²) < 4.78 is 58.3. The topological polar surface area (TPSA) is 242 Å². The van der Waals surface area contributed by atoms with Crippen LogP contribution in [0.3, 0.4) is 0 Å². The molecule has 2 saturated carbocycles. The Morgan fingerprint density at radius 2 is 1.60 bits per heavy atom. The second-order valence-corrected chi connectivity index (χ2v) is 22.2. The number of carbonyl (C=O) groups excluding carboxylic acids is 5. The van der Waals surface area contributed by atoms with Crippen molar-refractivity contribution in [3.05, 3.63) is 47.6 Å². The fraction of sp³-hybridized carbons (Fsp3) is 0.750. The van der Waals surface area contributed by atoms with Crippen LogP contribution in [0.4, 0.5) is 0 Å². The van der Waals surface area contributed by atoms with Crippen molar-refractivity contribution in [1.29, 1.82) is 0 Å². The van der Waals surface area contributed by atoms with Crippen molar-refractivity contribution in [1.82, 2.24) is 9.62 Å². The second-order valence-electron chi connectivity index (χ2n) is 20.4. The van der Waals surface area contributed by atoms with E-state index in [0.717, 1.165) is 30.6 Å². The van der Waals surface area contributed by atoms with Crippen LogP contribution in [0.25, 0.3) is 0 Å². The number of rotatable bonds is 11. The molecule has 0 aromatic heterocycles. The predicted octanol–water partition coefficient (Wildman–Crippen LogP) is 4.85. The summed E-state index contributed by atoms with van der Waals surface area (Å²) in [7, 11) is 0.265. The van der Waals surface area contributed by atoms with Gasteiger partial charge in [0, 0.05) is 51.5 Å². The van der Waals surface area contributed by atoms with Gasteiger partial charge in [0.2, 0.25) is 15.8 Å². The van der Waals surface area contributed by atoms with Crippen molar-refractivity contribution in [3.8, 4) is 0 Å². The minimum absolute atomic E-state index is 0.0139. The summed E-state index contributed by atoms with van der Waals surface area (Å²) >= 11 is 0. The van der Waals surface area contributed by atoms with Gasteiger partial charge in [-0.3, -0.25) is 19.2 Å². The minimum Gasteiger partial charge on any atom is -0.460 e. The molecule has 0 radical (unpaired) electrons. The third-order valence-electron chi connectivity index (χ3n) is 14.7. The highest BCUT2D eigenvalue weighted by atomic mass is 32.2. The lowest BCUT2D eigenvalue weighted by Crippen LogP contribution is -2.59. The zero-order valence-electron chi connectivity index (χ0n) is 43.0. The van der Waals surface area contributed by atoms with Gasteiger partial charge in [-0.25, -0.2) is 17.9 Å². The average molecular weight is 1010 g/mol. The second kappa shape index (κ2) is 27.0. The summed E-state index contributed by atoms with van der Waals surface area (Å²) in [6, 6.07) is -2.25. The molecule has 70 heavy (non-hydrogen) atoms. The van der Waals surface area contributed by atoms with E-state index in [9.17, 15) is 47.7 Å². The molecule has 1 amide bonds. The molecule has 4 N–H and O–H groups in total. The first-order chi connectivity index (χ1) is 33.0. The van der Waals surface area contributed by atoms with Crippen molar-refractivity contribution in [2.24, 2.45) is 29.6 Å². The van der Waals surface area contributed by atoms with Crippen LogP contribution in [0.1, 0.15) is 126 Å². The monoisotopic (exact) mass is 1010 g/mol. The quantitative estimate of drug-likeness (QED) is 0.123. The van der Waals surface area contributed by atoms with E-state index in [2.05, 4.69) is 4.72 Å². The summed E-state index contributed by atoms with van der Waals surface area (Å²) in [5, 5.41) is 32.7. The molecule has 2 aliphatic carbocycles. The molecule has 4 aliphatic rings. The molecular weight excluding hydrogens is 925 g/mol. The number of aliphatic hydroxyl groups excluding tert-OH is 2. The smallest absolute Gasteiger partial charge is 0.328 e. The van der Waals surface area contributed by atoms with E-state index in [0.29, 0.717) is 43.3 Å². The Morgan fingerprint density at radius 3 is 2.24 bits per heavy atom. The number of esters is 1. The van der Waals surface area contributed by atoms with Crippen LogP contribution in [-0.2, 0) is 57.7 Å². The summed E-state index contributed by atoms with van der Waals surface area (Å²) in [6.07, 6.45) is 12.4. The van der Waals surface area contributed by atoms with E-state index in [4.69, 9.17) is 23.7 Å². The number of aliphatic hydroxyl groups is 3. The van der Waals surface area contributed by atoms with Crippen LogP contribution in [0, 0.1) is 29.6 Å². The highest BCUT2D eigenvalue weighted by molar-refractivity contribution is 7.89. The number of nitrogens with one attached hydrogen (secondary N) is 1. The van der Waals surface area contributed by atoms with Gasteiger partial charge in [-0.05, 0) is 109 Å². The Balaban J connectivity index is 1.67. The van der Waals surface area contributed by atoms with Crippen LogP contribution in [0.5, 0.6) is 0 Å². The van der Waals surface area contributed by atoms with Gasteiger partial charge in [-0.1, -0.05) is 69.7 Å². The number of ketones is 3. The first-order valence-corrected chi connectivity index (χ1v) is 26.8. The lowest BCUT2D eigenvalue weighted by atomic mass is 9.78. The van der Waals surface area contributed by atoms with Gasteiger partial charge >= 0.3 is 5.97 Å². The van der Waals surface area contributed by atoms with E-state index >= 15 is 0 Å². The maximum atomic E-state index is 14.1. The number of Topliss-reactive ketones (excluding diaryl/α,β-unsaturated/α-hetero) is 3. The number of hydrogen-bond donors (Lipinski definition) is 4. The van der Waals surface area contributed by atoms with E-state index in [1.807, 2.05) is 13.0 Å². The lowest BCUT2D eigenvalue weighted by molar-refractivity contribution is -0.263. The highest BCUT2D eigenvalue weighted by Crippen LogP contribution is 2.38. The van der Waals surface area contributed by atoms with Gasteiger partial charge in [0.1, 0.15) is 30.1 Å². The van der Waals surface area contributed by atoms with Crippen LogP contribution in [0.15, 0.2) is 47.6 Å². The first kappa shape index (κ1) is 59.1. The van der Waals surface area contributed by atoms with Crippen molar-refractivity contribution in [2.45, 2.75) is 186 Å². The molecule has 3 fully saturated rings. The first-order valence-electron chi connectivity index (χ1n) is 25.1. The van der Waals surface area contributed by atoms with Crippen LogP contribution in [-0.4, -0.2) is 152 Å². The van der Waals surface area contributed by atoms with Gasteiger partial charge in [0.15, 0.2) is 5.78 Å². The van der Waals surface area contributed by atoms with Gasteiger partial charge in [-0.15, -0.1) is 0 Å². The number of sulfonamides is 1. The van der Waals surface area contributed by atoms with Crippen LogP contribution in [0.2, 0.25) is 0 Å². The van der Waals surface area contributed by atoms with Crippen molar-refractivity contribution < 1.29 is 71.4 Å². The van der Waals surface area contributed by atoms with Crippen molar-refractivity contribution in [2.75, 3.05) is 33.6 Å². The Hall–Kier alpha value is -3.46. The molecule has 18 heteroatoms. The Labute approximate surface area is 415 Å². The SMILES string of the molecule is COC1C(=O)C(C)CC/C=C/C=C/C=C(\C)[C@H](NS(=O)(=O)CCO)C[C@H]2CC[C@H](C)[C@](O)(O2)C(=O)C(=O)N(C)C(C)C(=O)OC([C@H](C)C[C@@H]2CC[C@@H](OC3CC3)[C@H](OC)C2)CC(=O)C(C)/C=C(\C)C1O. The molecule has 2 aliphatic heterocycles. The van der Waals surface area contributed by atoms with E-state index in [1.54, 1.807) is 72.1 Å². The third kappa shape index (κ3) is 16.5. The number of methoxy groups -OCH3 is 2. The van der Waals surface area contributed by atoms with E-state index in [-0.39, 0.29) is 61.0 Å². The fourth-order valence-electron chi connectivity index (χ4n) is 9.62. The molecule has 4 rings (SSSR count). The number of ether oxygens (including phenoxy) is 5. The molecule has 14 atom stereocenters. The molecular formula is C52H82N2O15S. The molecule has 396 valence electrons. The van der Waals surface area contributed by atoms with Crippen molar-refractivity contribution >= 4 is 39.2 Å². The number of cyclic esters (lactones) is 1. The van der Waals surface area contributed by atoms with Gasteiger partial charge < -0.3 is 43.9 Å². The summed E-state index contributed by atoms with van der Waals surface area (Å²) in [4.78, 5) is 70.8. The zero-order valence-corrected chi connectivity index (χ0v) is 43.9. The molecule has 0 aromatic carbocycles. The number of likely N-dealkylation sites (N-methyl/N-ethyl adjacent to an activating group) is 1. The summed E-state index contributed by atoms with van der Waals surface area (Å²) in [5.41, 5.74) is 0.908. The summed E-state index contributed by atoms with van der Waals surface area (Å²) in [6.45, 7) is 11.0. The maximum absolute atomic E-state index is 14.1. The summed E-state index contributed by atoms with van der Waals surface area (Å²) in [5.74, 6) is -9.52. The maximum Gasteiger partial charge on any atom is 0.328 e. The number of fused-ring (bicyclic) bond motifs is 2. The highest BCUT2D eigenvalue weighted by Gasteiger charge is 2.52. The number of nitrogens with zero attached hydrogens (tertiary/aromatic N) is 1. The number of amides is 1. The zero-order chi connectivity index (χ0) is 52.1. The van der Waals surface area contributed by atoms with Gasteiger partial charge in [0.25, 0.3) is 11.7 Å². The largest absolute Gasteiger partial charge is 0.460 e. The molecule has 1 saturated heterocycles. The molecule has 2 bridgehead atoms. The molecule has 2 heterocycles. The number of hydrogen-bond acceptors (Lipinski definition) is 15. The fourth-order valence-corrected chi connectivity index (χ4v) is 10.7. The Morgan fingerprint density at radius 1 is 0.900 bits per heavy atom. The van der Waals surface area contributed by atoms with Gasteiger partial charge in [0.05, 0.1) is 36.8 Å². The molecule has 17 nitrogen and oxygen atoms in total. The Kier molecular flexibility index (Phi) is 22.8.